The van der Waals surface area contributed by atoms with Crippen LogP contribution in [0.2, 0.25) is 5.02 Å². The van der Waals surface area contributed by atoms with Gasteiger partial charge in [-0.25, -0.2) is 15.0 Å². The Bertz CT molecular complexity index is 1030. The predicted octanol–water partition coefficient (Wildman–Crippen LogP) is 3.07. The Labute approximate surface area is 195 Å². The van der Waals surface area contributed by atoms with E-state index in [-0.39, 0.29) is 22.8 Å². The van der Waals surface area contributed by atoms with Crippen LogP contribution in [0.25, 0.3) is 0 Å². The third-order valence-electron chi connectivity index (χ3n) is 6.98. The van der Waals surface area contributed by atoms with Gasteiger partial charge in [0.15, 0.2) is 0 Å². The van der Waals surface area contributed by atoms with Crippen LogP contribution < -0.4 is 10.2 Å². The van der Waals surface area contributed by atoms with E-state index in [1.165, 1.54) is 0 Å². The van der Waals surface area contributed by atoms with Gasteiger partial charge < -0.3 is 15.3 Å². The number of fused-ring (bicyclic) bond motifs is 1. The van der Waals surface area contributed by atoms with Gasteiger partial charge in [0, 0.05) is 37.8 Å². The summed E-state index contributed by atoms with van der Waals surface area (Å²) in [6, 6.07) is 0. The first kappa shape index (κ1) is 22.0. The van der Waals surface area contributed by atoms with E-state index in [0.29, 0.717) is 28.1 Å². The number of anilines is 2. The highest BCUT2D eigenvalue weighted by Gasteiger charge is 2.44. The fraction of sp³-hybridized carbons (Fsp3) is 0.636. The number of piperidine rings is 1. The molecule has 0 spiro atoms. The number of rotatable bonds is 5. The number of hydrogen-bond donors (Lipinski definition) is 2. The summed E-state index contributed by atoms with van der Waals surface area (Å²) in [5, 5.41) is 14.0. The monoisotopic (exact) mass is 476 g/mol. The minimum Gasteiger partial charge on any atom is -0.394 e. The summed E-state index contributed by atoms with van der Waals surface area (Å²) in [4.78, 5) is 21.4. The second-order valence-corrected chi connectivity index (χ2v) is 12.3. The van der Waals surface area contributed by atoms with Gasteiger partial charge in [-0.05, 0) is 46.0 Å². The van der Waals surface area contributed by atoms with E-state index < -0.39 is 10.8 Å². The number of nitrogens with zero attached hydrogens (tertiary/aromatic N) is 5. The molecular weight excluding hydrogens is 448 g/mol. The first-order chi connectivity index (χ1) is 15.3. The Kier molecular flexibility index (Phi) is 5.62. The molecule has 1 saturated heterocycles. The van der Waals surface area contributed by atoms with Crippen molar-refractivity contribution in [3.8, 4) is 0 Å². The largest absolute Gasteiger partial charge is 0.394 e. The van der Waals surface area contributed by atoms with E-state index in [4.69, 9.17) is 21.6 Å². The molecule has 2 aromatic rings. The molecule has 2 aromatic heterocycles. The first-order valence-electron chi connectivity index (χ1n) is 11.2. The molecule has 1 aliphatic carbocycles. The van der Waals surface area contributed by atoms with Gasteiger partial charge in [0.25, 0.3) is 0 Å². The molecule has 10 heteroatoms. The summed E-state index contributed by atoms with van der Waals surface area (Å²) < 4.78 is 12.8. The summed E-state index contributed by atoms with van der Waals surface area (Å²) >= 11 is 5.92. The maximum Gasteiger partial charge on any atom is 0.227 e. The number of nitrogens with one attached hydrogen (secondary N) is 1. The molecular formula is C22H29ClN6O2S. The van der Waals surface area contributed by atoms with Gasteiger partial charge in [-0.1, -0.05) is 11.6 Å². The van der Waals surface area contributed by atoms with Crippen LogP contribution in [0.1, 0.15) is 63.4 Å². The van der Waals surface area contributed by atoms with Crippen molar-refractivity contribution in [2.24, 2.45) is 0 Å². The van der Waals surface area contributed by atoms with E-state index in [2.05, 4.69) is 20.2 Å². The molecule has 172 valence electrons. The molecule has 0 bridgehead atoms. The van der Waals surface area contributed by atoms with E-state index in [0.717, 1.165) is 56.7 Å². The third-order valence-corrected chi connectivity index (χ3v) is 9.13. The quantitative estimate of drug-likeness (QED) is 0.678. The molecule has 2 N–H and O–H groups in total. The van der Waals surface area contributed by atoms with Crippen LogP contribution in [0.4, 0.5) is 11.8 Å². The summed E-state index contributed by atoms with van der Waals surface area (Å²) in [5.41, 5.74) is 0.492. The predicted molar refractivity (Wildman–Crippen MR) is 125 cm³/mol. The van der Waals surface area contributed by atoms with Gasteiger partial charge in [-0.2, -0.15) is 4.98 Å². The van der Waals surface area contributed by atoms with Crippen LogP contribution >= 0.6 is 11.6 Å². The minimum atomic E-state index is -1.20. The fourth-order valence-electron chi connectivity index (χ4n) is 4.82. The fourth-order valence-corrected chi connectivity index (χ4v) is 6.34. The lowest BCUT2D eigenvalue weighted by Crippen LogP contribution is -2.49. The molecule has 8 nitrogen and oxygen atoms in total. The van der Waals surface area contributed by atoms with Crippen molar-refractivity contribution in [2.45, 2.75) is 73.5 Å². The summed E-state index contributed by atoms with van der Waals surface area (Å²) in [6.07, 6.45) is 8.61. The van der Waals surface area contributed by atoms with E-state index in [1.807, 2.05) is 13.8 Å². The minimum absolute atomic E-state index is 0.0453. The molecule has 2 fully saturated rings. The molecule has 2 aliphatic heterocycles. The molecule has 4 heterocycles. The van der Waals surface area contributed by atoms with E-state index in [1.54, 1.807) is 12.4 Å². The Balaban J connectivity index is 1.41. The van der Waals surface area contributed by atoms with Gasteiger partial charge >= 0.3 is 0 Å². The molecule has 32 heavy (non-hydrogen) atoms. The second-order valence-electron chi connectivity index (χ2n) is 9.79. The zero-order valence-corrected chi connectivity index (χ0v) is 20.0. The zero-order chi connectivity index (χ0) is 22.5. The number of aliphatic hydroxyl groups excluding tert-OH is 1. The summed E-state index contributed by atoms with van der Waals surface area (Å²) in [5.74, 6) is 2.42. The number of aromatic nitrogens is 4. The molecule has 3 aliphatic rings. The standard InChI is InChI=1S/C22H29ClN6O2S/c1-21(2)10-16-17(32(21)31)19(28-22(13-30)6-3-7-22)27-20(26-16)29-8-4-14(5-9-29)18-24-11-15(23)12-25-18/h11-12,14,30H,3-10,13H2,1-2H3,(H,26,27,28). The molecule has 1 unspecified atom stereocenters. The van der Waals surface area contributed by atoms with Crippen molar-refractivity contribution in [3.05, 3.63) is 28.9 Å². The van der Waals surface area contributed by atoms with Crippen molar-refractivity contribution in [1.82, 2.24) is 19.9 Å². The first-order valence-corrected chi connectivity index (χ1v) is 12.8. The maximum absolute atomic E-state index is 13.2. The Morgan fingerprint density at radius 3 is 2.50 bits per heavy atom. The van der Waals surface area contributed by atoms with E-state index >= 15 is 0 Å². The Morgan fingerprint density at radius 2 is 1.91 bits per heavy atom. The molecule has 1 saturated carbocycles. The van der Waals surface area contributed by atoms with Crippen molar-refractivity contribution in [3.63, 3.8) is 0 Å². The van der Waals surface area contributed by atoms with Crippen molar-refractivity contribution in [1.29, 1.82) is 0 Å². The van der Waals surface area contributed by atoms with Gasteiger partial charge in [-0.3, -0.25) is 4.21 Å². The third kappa shape index (κ3) is 3.88. The molecule has 0 radical (unpaired) electrons. The highest BCUT2D eigenvalue weighted by atomic mass is 35.5. The van der Waals surface area contributed by atoms with Crippen molar-refractivity contribution < 1.29 is 9.32 Å². The lowest BCUT2D eigenvalue weighted by molar-refractivity contribution is 0.143. The average Bonchev–Trinajstić information content (AvgIpc) is 2.99. The van der Waals surface area contributed by atoms with Crippen LogP contribution in [0, 0.1) is 0 Å². The van der Waals surface area contributed by atoms with Crippen molar-refractivity contribution in [2.75, 3.05) is 29.9 Å². The molecule has 0 aromatic carbocycles. The highest BCUT2D eigenvalue weighted by molar-refractivity contribution is 7.87. The lowest BCUT2D eigenvalue weighted by atomic mass is 9.77. The molecule has 1 atom stereocenters. The van der Waals surface area contributed by atoms with Gasteiger partial charge in [0.1, 0.15) is 16.5 Å². The van der Waals surface area contributed by atoms with Crippen LogP contribution in [-0.2, 0) is 17.2 Å². The van der Waals surface area contributed by atoms with Gasteiger partial charge in [0.05, 0.1) is 38.4 Å². The summed E-state index contributed by atoms with van der Waals surface area (Å²) in [6.45, 7) is 5.66. The van der Waals surface area contributed by atoms with Gasteiger partial charge in [-0.15, -0.1) is 0 Å². The Hall–Kier alpha value is -1.84. The van der Waals surface area contributed by atoms with Crippen LogP contribution in [0.3, 0.4) is 0 Å². The smallest absolute Gasteiger partial charge is 0.227 e. The normalized spacial score (nSPS) is 24.1. The van der Waals surface area contributed by atoms with Crippen LogP contribution in [0.5, 0.6) is 0 Å². The number of aliphatic hydroxyl groups is 1. The van der Waals surface area contributed by atoms with Crippen molar-refractivity contribution >= 4 is 34.2 Å². The zero-order valence-electron chi connectivity index (χ0n) is 18.5. The molecule has 0 amide bonds. The number of hydrogen-bond acceptors (Lipinski definition) is 8. The van der Waals surface area contributed by atoms with Gasteiger partial charge in [0.2, 0.25) is 5.95 Å². The Morgan fingerprint density at radius 1 is 1.22 bits per heavy atom. The maximum atomic E-state index is 13.2. The second kappa shape index (κ2) is 8.18. The SMILES string of the molecule is CC1(C)Cc2nc(N3CCC(c4ncc(Cl)cn4)CC3)nc(NC3(CO)CCC3)c2S1=O. The molecule has 5 rings (SSSR count). The topological polar surface area (TPSA) is 104 Å². The lowest BCUT2D eigenvalue weighted by Gasteiger charge is -2.42. The van der Waals surface area contributed by atoms with Crippen LogP contribution in [0.15, 0.2) is 17.3 Å². The number of halogens is 1. The highest BCUT2D eigenvalue weighted by Crippen LogP contribution is 2.43. The average molecular weight is 477 g/mol. The summed E-state index contributed by atoms with van der Waals surface area (Å²) in [7, 11) is -1.20. The van der Waals surface area contributed by atoms with E-state index in [9.17, 15) is 9.32 Å². The van der Waals surface area contributed by atoms with Crippen LogP contribution in [-0.4, -0.2) is 59.2 Å².